The zero-order chi connectivity index (χ0) is 12.0. The van der Waals surface area contributed by atoms with Crippen molar-refractivity contribution in [1.82, 2.24) is 5.32 Å². The van der Waals surface area contributed by atoms with E-state index in [-0.39, 0.29) is 0 Å². The molecule has 1 aromatic carbocycles. The Balaban J connectivity index is 2.48. The van der Waals surface area contributed by atoms with Crippen LogP contribution in [0, 0.1) is 6.92 Å². The lowest BCUT2D eigenvalue weighted by Gasteiger charge is -2.21. The maximum atomic E-state index is 3.38. The highest BCUT2D eigenvalue weighted by atomic mass is 32.2. The van der Waals surface area contributed by atoms with Gasteiger partial charge in [-0.3, -0.25) is 0 Å². The summed E-state index contributed by atoms with van der Waals surface area (Å²) in [5, 5.41) is 4.04. The second-order valence-electron chi connectivity index (χ2n) is 4.25. The topological polar surface area (TPSA) is 12.0 Å². The third-order valence-corrected chi connectivity index (χ3v) is 4.47. The van der Waals surface area contributed by atoms with Crippen LogP contribution in [0.2, 0.25) is 0 Å². The molecule has 0 aromatic heterocycles. The van der Waals surface area contributed by atoms with Crippen LogP contribution in [0.4, 0.5) is 0 Å². The van der Waals surface area contributed by atoms with Gasteiger partial charge in [-0.1, -0.05) is 38.1 Å². The lowest BCUT2D eigenvalue weighted by Crippen LogP contribution is -2.33. The molecule has 0 aliphatic heterocycles. The Morgan fingerprint density at radius 1 is 1.31 bits per heavy atom. The average molecular weight is 237 g/mol. The van der Waals surface area contributed by atoms with Crippen LogP contribution >= 0.6 is 11.8 Å². The molecule has 0 radical (unpaired) electrons. The van der Waals surface area contributed by atoms with Gasteiger partial charge in [-0.05, 0) is 31.5 Å². The predicted molar refractivity (Wildman–Crippen MR) is 75.1 cm³/mol. The number of aryl methyl sites for hydroxylation is 1. The summed E-state index contributed by atoms with van der Waals surface area (Å²) in [6, 6.07) is 9.28. The molecular formula is C14H23NS. The van der Waals surface area contributed by atoms with E-state index in [0.717, 1.165) is 5.75 Å². The van der Waals surface area contributed by atoms with Gasteiger partial charge in [0.25, 0.3) is 0 Å². The molecule has 90 valence electrons. The van der Waals surface area contributed by atoms with Crippen LogP contribution in [0.5, 0.6) is 0 Å². The van der Waals surface area contributed by atoms with E-state index in [9.17, 15) is 0 Å². The fraction of sp³-hybridized carbons (Fsp3) is 0.571. The van der Waals surface area contributed by atoms with Crippen LogP contribution in [0.1, 0.15) is 31.4 Å². The van der Waals surface area contributed by atoms with Crippen molar-refractivity contribution in [2.24, 2.45) is 0 Å². The van der Waals surface area contributed by atoms with Gasteiger partial charge >= 0.3 is 0 Å². The van der Waals surface area contributed by atoms with Gasteiger partial charge in [-0.2, -0.15) is 11.8 Å². The van der Waals surface area contributed by atoms with E-state index in [1.165, 1.54) is 17.5 Å². The first-order chi connectivity index (χ1) is 7.69. The normalized spacial score (nSPS) is 14.8. The molecule has 0 amide bonds. The lowest BCUT2D eigenvalue weighted by atomic mass is 10.1. The Labute approximate surface area is 104 Å². The molecule has 0 spiro atoms. The molecule has 2 heteroatoms. The summed E-state index contributed by atoms with van der Waals surface area (Å²) in [5.74, 6) is 1.12. The Morgan fingerprint density at radius 3 is 2.56 bits per heavy atom. The smallest absolute Gasteiger partial charge is 0.0190 e. The lowest BCUT2D eigenvalue weighted by molar-refractivity contribution is 0.541. The van der Waals surface area contributed by atoms with E-state index in [2.05, 4.69) is 57.4 Å². The second kappa shape index (κ2) is 6.97. The van der Waals surface area contributed by atoms with Gasteiger partial charge in [0.2, 0.25) is 0 Å². The van der Waals surface area contributed by atoms with E-state index in [1.54, 1.807) is 0 Å². The van der Waals surface area contributed by atoms with Crippen LogP contribution < -0.4 is 5.32 Å². The first-order valence-electron chi connectivity index (χ1n) is 6.02. The first-order valence-corrected chi connectivity index (χ1v) is 7.07. The standard InChI is InChI=1S/C14H23NS/c1-5-14(15-4)12(3)16-10-13-9-7-6-8-11(13)2/h6-9,12,14-15H,5,10H2,1-4H3. The number of hydrogen-bond donors (Lipinski definition) is 1. The van der Waals surface area contributed by atoms with E-state index in [4.69, 9.17) is 0 Å². The van der Waals surface area contributed by atoms with Crippen molar-refractivity contribution < 1.29 is 0 Å². The molecule has 1 rings (SSSR count). The van der Waals surface area contributed by atoms with Crippen molar-refractivity contribution in [3.05, 3.63) is 35.4 Å². The van der Waals surface area contributed by atoms with E-state index in [0.29, 0.717) is 11.3 Å². The summed E-state index contributed by atoms with van der Waals surface area (Å²) >= 11 is 2.04. The first kappa shape index (κ1) is 13.6. The molecule has 16 heavy (non-hydrogen) atoms. The summed E-state index contributed by atoms with van der Waals surface area (Å²) < 4.78 is 0. The Kier molecular flexibility index (Phi) is 5.93. The van der Waals surface area contributed by atoms with Gasteiger partial charge < -0.3 is 5.32 Å². The highest BCUT2D eigenvalue weighted by Gasteiger charge is 2.13. The molecule has 0 heterocycles. The van der Waals surface area contributed by atoms with Crippen molar-refractivity contribution in [3.63, 3.8) is 0 Å². The van der Waals surface area contributed by atoms with Gasteiger partial charge in [0.15, 0.2) is 0 Å². The molecule has 0 saturated heterocycles. The van der Waals surface area contributed by atoms with Gasteiger partial charge in [0.1, 0.15) is 0 Å². The van der Waals surface area contributed by atoms with Crippen molar-refractivity contribution in [2.45, 2.75) is 44.2 Å². The summed E-state index contributed by atoms with van der Waals surface area (Å²) in [5.41, 5.74) is 2.87. The summed E-state index contributed by atoms with van der Waals surface area (Å²) in [6.07, 6.45) is 1.19. The third kappa shape index (κ3) is 3.84. The number of hydrogen-bond acceptors (Lipinski definition) is 2. The van der Waals surface area contributed by atoms with Crippen LogP contribution in [-0.4, -0.2) is 18.3 Å². The summed E-state index contributed by atoms with van der Waals surface area (Å²) in [7, 11) is 2.05. The van der Waals surface area contributed by atoms with Gasteiger partial charge in [-0.15, -0.1) is 0 Å². The third-order valence-electron chi connectivity index (χ3n) is 3.14. The van der Waals surface area contributed by atoms with Crippen molar-refractivity contribution >= 4 is 11.8 Å². The van der Waals surface area contributed by atoms with E-state index >= 15 is 0 Å². The molecule has 0 bridgehead atoms. The number of rotatable bonds is 6. The zero-order valence-electron chi connectivity index (χ0n) is 10.8. The van der Waals surface area contributed by atoms with Crippen LogP contribution in [-0.2, 0) is 5.75 Å². The van der Waals surface area contributed by atoms with Crippen molar-refractivity contribution in [2.75, 3.05) is 7.05 Å². The zero-order valence-corrected chi connectivity index (χ0v) is 11.6. The van der Waals surface area contributed by atoms with Gasteiger partial charge in [0.05, 0.1) is 0 Å². The van der Waals surface area contributed by atoms with Crippen LogP contribution in [0.25, 0.3) is 0 Å². The molecular weight excluding hydrogens is 214 g/mol. The molecule has 1 aromatic rings. The molecule has 2 unspecified atom stereocenters. The monoisotopic (exact) mass is 237 g/mol. The largest absolute Gasteiger partial charge is 0.316 e. The summed E-state index contributed by atoms with van der Waals surface area (Å²) in [4.78, 5) is 0. The fourth-order valence-electron chi connectivity index (χ4n) is 1.88. The maximum absolute atomic E-state index is 3.38. The molecule has 1 N–H and O–H groups in total. The molecule has 0 aliphatic carbocycles. The molecule has 2 atom stereocenters. The fourth-order valence-corrected chi connectivity index (χ4v) is 3.21. The SMILES string of the molecule is CCC(NC)C(C)SCc1ccccc1C. The van der Waals surface area contributed by atoms with Crippen molar-refractivity contribution in [3.8, 4) is 0 Å². The Bertz CT molecular complexity index is 307. The number of thioether (sulfide) groups is 1. The predicted octanol–water partition coefficient (Wildman–Crippen LogP) is 3.61. The number of nitrogens with one attached hydrogen (secondary N) is 1. The van der Waals surface area contributed by atoms with Crippen molar-refractivity contribution in [1.29, 1.82) is 0 Å². The van der Waals surface area contributed by atoms with Gasteiger partial charge in [-0.25, -0.2) is 0 Å². The molecule has 0 aliphatic rings. The minimum absolute atomic E-state index is 0.619. The second-order valence-corrected chi connectivity index (χ2v) is 5.61. The van der Waals surface area contributed by atoms with E-state index < -0.39 is 0 Å². The molecule has 0 fully saturated rings. The average Bonchev–Trinajstić information content (AvgIpc) is 2.29. The Morgan fingerprint density at radius 2 is 2.00 bits per heavy atom. The van der Waals surface area contributed by atoms with Gasteiger partial charge in [0, 0.05) is 17.0 Å². The quantitative estimate of drug-likeness (QED) is 0.811. The Hall–Kier alpha value is -0.470. The maximum Gasteiger partial charge on any atom is 0.0190 e. The minimum Gasteiger partial charge on any atom is -0.316 e. The highest BCUT2D eigenvalue weighted by molar-refractivity contribution is 7.99. The van der Waals surface area contributed by atoms with Crippen LogP contribution in [0.3, 0.4) is 0 Å². The van der Waals surface area contributed by atoms with Crippen LogP contribution in [0.15, 0.2) is 24.3 Å². The molecule has 1 nitrogen and oxygen atoms in total. The number of benzene rings is 1. The minimum atomic E-state index is 0.619. The summed E-state index contributed by atoms with van der Waals surface area (Å²) in [6.45, 7) is 6.75. The highest BCUT2D eigenvalue weighted by Crippen LogP contribution is 2.22. The molecule has 0 saturated carbocycles. The van der Waals surface area contributed by atoms with E-state index in [1.807, 2.05) is 11.8 Å².